The summed E-state index contributed by atoms with van der Waals surface area (Å²) in [5.74, 6) is 0.385. The summed E-state index contributed by atoms with van der Waals surface area (Å²) in [5, 5.41) is 0.495. The zero-order valence-electron chi connectivity index (χ0n) is 10.1. The number of fused-ring (bicyclic) bond motifs is 1. The Kier molecular flexibility index (Phi) is 2.83. The van der Waals surface area contributed by atoms with Gasteiger partial charge in [0.25, 0.3) is 0 Å². The SMILES string of the molecule is C[C@@H]1CN(c2ncnc3cccc(F)c23)CCO1. The number of benzene rings is 1. The van der Waals surface area contributed by atoms with E-state index in [1.54, 1.807) is 12.1 Å². The normalized spacial score (nSPS) is 20.3. The van der Waals surface area contributed by atoms with Gasteiger partial charge in [0, 0.05) is 13.1 Å². The molecule has 0 spiro atoms. The molecule has 3 rings (SSSR count). The summed E-state index contributed by atoms with van der Waals surface area (Å²) in [6, 6.07) is 4.91. The first-order chi connectivity index (χ1) is 8.75. The van der Waals surface area contributed by atoms with E-state index in [2.05, 4.69) is 14.9 Å². The van der Waals surface area contributed by atoms with Crippen molar-refractivity contribution in [3.63, 3.8) is 0 Å². The fraction of sp³-hybridized carbons (Fsp3) is 0.385. The molecule has 5 heteroatoms. The molecule has 1 aromatic heterocycles. The summed E-state index contributed by atoms with van der Waals surface area (Å²) in [6.07, 6.45) is 1.62. The molecular formula is C13H14FN3O. The number of aromatic nitrogens is 2. The van der Waals surface area contributed by atoms with Gasteiger partial charge in [-0.2, -0.15) is 0 Å². The molecule has 1 aliphatic heterocycles. The number of morpholine rings is 1. The van der Waals surface area contributed by atoms with Gasteiger partial charge < -0.3 is 9.64 Å². The lowest BCUT2D eigenvalue weighted by molar-refractivity contribution is 0.0530. The molecule has 1 fully saturated rings. The summed E-state index contributed by atoms with van der Waals surface area (Å²) in [5.41, 5.74) is 0.638. The molecule has 0 radical (unpaired) electrons. The van der Waals surface area contributed by atoms with Crippen molar-refractivity contribution < 1.29 is 9.13 Å². The van der Waals surface area contributed by atoms with E-state index in [0.717, 1.165) is 13.1 Å². The second-order valence-electron chi connectivity index (χ2n) is 4.46. The molecule has 1 saturated heterocycles. The van der Waals surface area contributed by atoms with E-state index >= 15 is 0 Å². The van der Waals surface area contributed by atoms with Gasteiger partial charge in [0.15, 0.2) is 0 Å². The predicted octanol–water partition coefficient (Wildman–Crippen LogP) is 1.99. The van der Waals surface area contributed by atoms with Crippen molar-refractivity contribution in [1.82, 2.24) is 9.97 Å². The minimum Gasteiger partial charge on any atom is -0.375 e. The lowest BCUT2D eigenvalue weighted by atomic mass is 10.2. The van der Waals surface area contributed by atoms with Crippen LogP contribution in [0.15, 0.2) is 24.5 Å². The molecule has 1 aliphatic rings. The minimum atomic E-state index is -0.276. The molecule has 0 saturated carbocycles. The fourth-order valence-corrected chi connectivity index (χ4v) is 2.30. The Morgan fingerprint density at radius 2 is 2.28 bits per heavy atom. The second-order valence-corrected chi connectivity index (χ2v) is 4.46. The Labute approximate surface area is 104 Å². The maximum Gasteiger partial charge on any atom is 0.143 e. The molecule has 1 aromatic carbocycles. The maximum absolute atomic E-state index is 14.0. The van der Waals surface area contributed by atoms with Gasteiger partial charge in [0.1, 0.15) is 18.0 Å². The molecule has 18 heavy (non-hydrogen) atoms. The van der Waals surface area contributed by atoms with E-state index in [1.165, 1.54) is 12.4 Å². The number of rotatable bonds is 1. The third-order valence-corrected chi connectivity index (χ3v) is 3.13. The van der Waals surface area contributed by atoms with Crippen LogP contribution in [0.4, 0.5) is 10.2 Å². The average molecular weight is 247 g/mol. The zero-order chi connectivity index (χ0) is 12.5. The van der Waals surface area contributed by atoms with Gasteiger partial charge in [0.05, 0.1) is 23.6 Å². The van der Waals surface area contributed by atoms with Gasteiger partial charge in [0.2, 0.25) is 0 Å². The molecule has 0 amide bonds. The first-order valence-corrected chi connectivity index (χ1v) is 6.01. The molecule has 94 valence electrons. The number of nitrogens with zero attached hydrogens (tertiary/aromatic N) is 3. The van der Waals surface area contributed by atoms with Crippen LogP contribution in [0.2, 0.25) is 0 Å². The van der Waals surface area contributed by atoms with Gasteiger partial charge in [-0.3, -0.25) is 0 Å². The van der Waals surface area contributed by atoms with E-state index in [9.17, 15) is 4.39 Å². The van der Waals surface area contributed by atoms with Gasteiger partial charge in [-0.1, -0.05) is 6.07 Å². The Balaban J connectivity index is 2.11. The van der Waals surface area contributed by atoms with Gasteiger partial charge in [-0.25, -0.2) is 14.4 Å². The lowest BCUT2D eigenvalue weighted by Crippen LogP contribution is -2.41. The standard InChI is InChI=1S/C13H14FN3O/c1-9-7-17(5-6-18-9)13-12-10(14)3-2-4-11(12)15-8-16-13/h2-4,8-9H,5-7H2,1H3/t9-/m1/s1. The summed E-state index contributed by atoms with van der Waals surface area (Å²) in [7, 11) is 0. The molecule has 1 atom stereocenters. The largest absolute Gasteiger partial charge is 0.375 e. The van der Waals surface area contributed by atoms with Crippen LogP contribution in [0.3, 0.4) is 0 Å². The highest BCUT2D eigenvalue weighted by Gasteiger charge is 2.21. The Morgan fingerprint density at radius 1 is 1.39 bits per heavy atom. The van der Waals surface area contributed by atoms with Gasteiger partial charge in [-0.05, 0) is 19.1 Å². The van der Waals surface area contributed by atoms with Crippen LogP contribution < -0.4 is 4.90 Å². The highest BCUT2D eigenvalue weighted by molar-refractivity contribution is 5.89. The first-order valence-electron chi connectivity index (χ1n) is 6.01. The van der Waals surface area contributed by atoms with Crippen LogP contribution in [-0.2, 0) is 4.74 Å². The number of hydrogen-bond acceptors (Lipinski definition) is 4. The Morgan fingerprint density at radius 3 is 3.11 bits per heavy atom. The molecule has 0 aliphatic carbocycles. The van der Waals surface area contributed by atoms with E-state index in [-0.39, 0.29) is 11.9 Å². The topological polar surface area (TPSA) is 38.2 Å². The number of hydrogen-bond donors (Lipinski definition) is 0. The van der Waals surface area contributed by atoms with Crippen molar-refractivity contribution in [2.75, 3.05) is 24.6 Å². The maximum atomic E-state index is 14.0. The van der Waals surface area contributed by atoms with Crippen LogP contribution >= 0.6 is 0 Å². The van der Waals surface area contributed by atoms with Crippen molar-refractivity contribution >= 4 is 16.7 Å². The second kappa shape index (κ2) is 4.49. The van der Waals surface area contributed by atoms with E-state index in [4.69, 9.17) is 4.74 Å². The van der Waals surface area contributed by atoms with Gasteiger partial charge >= 0.3 is 0 Å². The predicted molar refractivity (Wildman–Crippen MR) is 67.1 cm³/mol. The number of anilines is 1. The molecule has 0 N–H and O–H groups in total. The summed E-state index contributed by atoms with van der Waals surface area (Å²) < 4.78 is 19.5. The molecule has 0 unspecified atom stereocenters. The summed E-state index contributed by atoms with van der Waals surface area (Å²) in [4.78, 5) is 10.4. The van der Waals surface area contributed by atoms with Crippen LogP contribution in [0.5, 0.6) is 0 Å². The highest BCUT2D eigenvalue weighted by atomic mass is 19.1. The van der Waals surface area contributed by atoms with E-state index < -0.39 is 0 Å². The molecule has 2 heterocycles. The summed E-state index contributed by atoms with van der Waals surface area (Å²) >= 11 is 0. The van der Waals surface area contributed by atoms with E-state index in [0.29, 0.717) is 23.3 Å². The fourth-order valence-electron chi connectivity index (χ4n) is 2.30. The van der Waals surface area contributed by atoms with E-state index in [1.807, 2.05) is 6.92 Å². The third-order valence-electron chi connectivity index (χ3n) is 3.13. The van der Waals surface area contributed by atoms with Crippen LogP contribution in [0.25, 0.3) is 10.9 Å². The third kappa shape index (κ3) is 1.90. The van der Waals surface area contributed by atoms with Crippen LogP contribution in [0, 0.1) is 5.82 Å². The molecule has 4 nitrogen and oxygen atoms in total. The van der Waals surface area contributed by atoms with Crippen LogP contribution in [-0.4, -0.2) is 35.8 Å². The zero-order valence-corrected chi connectivity index (χ0v) is 10.1. The van der Waals surface area contributed by atoms with Crippen molar-refractivity contribution in [1.29, 1.82) is 0 Å². The molecular weight excluding hydrogens is 233 g/mol. The Bertz CT molecular complexity index is 570. The molecule has 0 bridgehead atoms. The highest BCUT2D eigenvalue weighted by Crippen LogP contribution is 2.26. The van der Waals surface area contributed by atoms with Crippen molar-refractivity contribution in [3.05, 3.63) is 30.3 Å². The van der Waals surface area contributed by atoms with Gasteiger partial charge in [-0.15, -0.1) is 0 Å². The van der Waals surface area contributed by atoms with Crippen molar-refractivity contribution in [2.45, 2.75) is 13.0 Å². The quantitative estimate of drug-likeness (QED) is 0.772. The Hall–Kier alpha value is -1.75. The number of halogens is 1. The minimum absolute atomic E-state index is 0.135. The number of ether oxygens (including phenoxy) is 1. The first kappa shape index (κ1) is 11.3. The monoisotopic (exact) mass is 247 g/mol. The molecule has 2 aromatic rings. The summed E-state index contributed by atoms with van der Waals surface area (Å²) in [6.45, 7) is 4.10. The van der Waals surface area contributed by atoms with Crippen molar-refractivity contribution in [2.24, 2.45) is 0 Å². The smallest absolute Gasteiger partial charge is 0.143 e. The van der Waals surface area contributed by atoms with Crippen molar-refractivity contribution in [3.8, 4) is 0 Å². The average Bonchev–Trinajstić information content (AvgIpc) is 2.38. The lowest BCUT2D eigenvalue weighted by Gasteiger charge is -2.32. The van der Waals surface area contributed by atoms with Crippen LogP contribution in [0.1, 0.15) is 6.92 Å².